The first kappa shape index (κ1) is 16.2. The minimum absolute atomic E-state index is 0.0565. The highest BCUT2D eigenvalue weighted by Crippen LogP contribution is 2.18. The molecule has 20 heavy (non-hydrogen) atoms. The molecule has 0 aliphatic carbocycles. The number of carboxylic acid groups (broad SMARTS) is 1. The second-order valence-corrected chi connectivity index (χ2v) is 4.84. The molecule has 0 fully saturated rings. The first-order chi connectivity index (χ1) is 9.35. The van der Waals surface area contributed by atoms with Crippen LogP contribution in [0.1, 0.15) is 20.3 Å². The quantitative estimate of drug-likeness (QED) is 0.782. The maximum absolute atomic E-state index is 13.2. The Kier molecular flexibility index (Phi) is 5.76. The van der Waals surface area contributed by atoms with Crippen LogP contribution in [0.2, 0.25) is 5.02 Å². The van der Waals surface area contributed by atoms with Gasteiger partial charge < -0.3 is 15.7 Å². The fraction of sp³-hybridized carbons (Fsp3) is 0.385. The van der Waals surface area contributed by atoms with Crippen molar-refractivity contribution in [3.63, 3.8) is 0 Å². The third-order valence-corrected chi connectivity index (χ3v) is 3.25. The van der Waals surface area contributed by atoms with Gasteiger partial charge in [0.15, 0.2) is 0 Å². The number of amides is 2. The summed E-state index contributed by atoms with van der Waals surface area (Å²) in [5.41, 5.74) is 0.192. The summed E-state index contributed by atoms with van der Waals surface area (Å²) in [4.78, 5) is 22.8. The number of carbonyl (C=O) groups excluding carboxylic acids is 1. The van der Waals surface area contributed by atoms with E-state index in [9.17, 15) is 14.0 Å². The van der Waals surface area contributed by atoms with Crippen LogP contribution >= 0.6 is 11.6 Å². The van der Waals surface area contributed by atoms with Crippen LogP contribution in [0, 0.1) is 11.7 Å². The Bertz CT molecular complexity index is 510. The van der Waals surface area contributed by atoms with E-state index >= 15 is 0 Å². The average Bonchev–Trinajstić information content (AvgIpc) is 2.39. The number of urea groups is 1. The number of hydrogen-bond donors (Lipinski definition) is 3. The molecule has 1 aromatic carbocycles. The SMILES string of the molecule is CC[C@H](C)[C@H](NC(=O)Nc1ccc(Cl)c(F)c1)C(=O)O. The van der Waals surface area contributed by atoms with E-state index in [2.05, 4.69) is 10.6 Å². The van der Waals surface area contributed by atoms with Gasteiger partial charge in [0.25, 0.3) is 0 Å². The minimum Gasteiger partial charge on any atom is -0.480 e. The summed E-state index contributed by atoms with van der Waals surface area (Å²) < 4.78 is 13.2. The number of rotatable bonds is 5. The smallest absolute Gasteiger partial charge is 0.326 e. The van der Waals surface area contributed by atoms with E-state index in [0.717, 1.165) is 6.07 Å². The lowest BCUT2D eigenvalue weighted by atomic mass is 9.99. The molecule has 1 rings (SSSR count). The van der Waals surface area contributed by atoms with Crippen molar-refractivity contribution in [3.8, 4) is 0 Å². The van der Waals surface area contributed by atoms with Crippen LogP contribution in [0.4, 0.5) is 14.9 Å². The van der Waals surface area contributed by atoms with Gasteiger partial charge in [0.1, 0.15) is 11.9 Å². The van der Waals surface area contributed by atoms with Crippen molar-refractivity contribution in [1.82, 2.24) is 5.32 Å². The zero-order chi connectivity index (χ0) is 15.3. The molecule has 5 nitrogen and oxygen atoms in total. The second kappa shape index (κ2) is 7.09. The van der Waals surface area contributed by atoms with Gasteiger partial charge in [-0.1, -0.05) is 31.9 Å². The molecule has 2 amide bonds. The molecule has 110 valence electrons. The highest BCUT2D eigenvalue weighted by molar-refractivity contribution is 6.30. The molecule has 7 heteroatoms. The zero-order valence-corrected chi connectivity index (χ0v) is 11.9. The van der Waals surface area contributed by atoms with Crippen molar-refractivity contribution in [3.05, 3.63) is 29.0 Å². The first-order valence-corrected chi connectivity index (χ1v) is 6.48. The van der Waals surface area contributed by atoms with E-state index in [1.807, 2.05) is 6.92 Å². The summed E-state index contributed by atoms with van der Waals surface area (Å²) in [5.74, 6) is -2.00. The fourth-order valence-electron chi connectivity index (χ4n) is 1.57. The normalized spacial score (nSPS) is 13.4. The third kappa shape index (κ3) is 4.38. The number of halogens is 2. The molecule has 0 radical (unpaired) electrons. The molecule has 1 aromatic rings. The van der Waals surface area contributed by atoms with E-state index < -0.39 is 23.9 Å². The van der Waals surface area contributed by atoms with E-state index in [-0.39, 0.29) is 16.6 Å². The van der Waals surface area contributed by atoms with Crippen molar-refractivity contribution in [2.24, 2.45) is 5.92 Å². The Hall–Kier alpha value is -1.82. The predicted molar refractivity (Wildman–Crippen MR) is 74.4 cm³/mol. The van der Waals surface area contributed by atoms with Crippen LogP contribution in [-0.4, -0.2) is 23.1 Å². The van der Waals surface area contributed by atoms with Crippen LogP contribution in [-0.2, 0) is 4.79 Å². The van der Waals surface area contributed by atoms with E-state index in [1.54, 1.807) is 6.92 Å². The predicted octanol–water partition coefficient (Wildman–Crippen LogP) is 3.10. The van der Waals surface area contributed by atoms with Crippen molar-refractivity contribution < 1.29 is 19.1 Å². The summed E-state index contributed by atoms with van der Waals surface area (Å²) in [5, 5.41) is 13.7. The molecule has 2 atom stereocenters. The number of carboxylic acids is 1. The lowest BCUT2D eigenvalue weighted by molar-refractivity contribution is -0.140. The van der Waals surface area contributed by atoms with Gasteiger partial charge >= 0.3 is 12.0 Å². The summed E-state index contributed by atoms with van der Waals surface area (Å²) >= 11 is 5.52. The number of carbonyl (C=O) groups is 2. The summed E-state index contributed by atoms with van der Waals surface area (Å²) in [6.45, 7) is 3.55. The van der Waals surface area contributed by atoms with Gasteiger partial charge in [0, 0.05) is 5.69 Å². The molecule has 3 N–H and O–H groups in total. The number of anilines is 1. The fourth-order valence-corrected chi connectivity index (χ4v) is 1.68. The van der Waals surface area contributed by atoms with Gasteiger partial charge in [-0.3, -0.25) is 0 Å². The van der Waals surface area contributed by atoms with Crippen LogP contribution in [0.5, 0.6) is 0 Å². The van der Waals surface area contributed by atoms with Gasteiger partial charge in [-0.2, -0.15) is 0 Å². The molecule has 0 spiro atoms. The minimum atomic E-state index is -1.11. The number of nitrogens with one attached hydrogen (secondary N) is 2. The Labute approximate surface area is 121 Å². The van der Waals surface area contributed by atoms with E-state index in [0.29, 0.717) is 6.42 Å². The standard InChI is InChI=1S/C13H16ClFN2O3/c1-3-7(2)11(12(18)19)17-13(20)16-8-4-5-9(14)10(15)6-8/h4-7,11H,3H2,1-2H3,(H,18,19)(H2,16,17,20)/t7-,11-/m0/s1. The van der Waals surface area contributed by atoms with Crippen molar-refractivity contribution in [1.29, 1.82) is 0 Å². The maximum atomic E-state index is 13.2. The van der Waals surface area contributed by atoms with Crippen molar-refractivity contribution in [2.75, 3.05) is 5.32 Å². The third-order valence-electron chi connectivity index (χ3n) is 2.94. The van der Waals surface area contributed by atoms with Gasteiger partial charge in [-0.25, -0.2) is 14.0 Å². The van der Waals surface area contributed by atoms with Crippen molar-refractivity contribution in [2.45, 2.75) is 26.3 Å². The van der Waals surface area contributed by atoms with Crippen molar-refractivity contribution >= 4 is 29.3 Å². The summed E-state index contributed by atoms with van der Waals surface area (Å²) in [6.07, 6.45) is 0.604. The molecule has 0 unspecified atom stereocenters. The van der Waals surface area contributed by atoms with Crippen LogP contribution in [0.25, 0.3) is 0 Å². The molecule has 0 heterocycles. The molecule has 0 aromatic heterocycles. The van der Waals surface area contributed by atoms with Gasteiger partial charge in [-0.15, -0.1) is 0 Å². The Morgan fingerprint density at radius 2 is 2.10 bits per heavy atom. The van der Waals surface area contributed by atoms with Gasteiger partial charge in [-0.05, 0) is 24.1 Å². The van der Waals surface area contributed by atoms with E-state index in [1.165, 1.54) is 12.1 Å². The molecule has 0 aliphatic rings. The molecule has 0 saturated heterocycles. The van der Waals surface area contributed by atoms with Gasteiger partial charge in [0.05, 0.1) is 5.02 Å². The highest BCUT2D eigenvalue weighted by Gasteiger charge is 2.25. The number of aliphatic carboxylic acids is 1. The maximum Gasteiger partial charge on any atom is 0.326 e. The van der Waals surface area contributed by atoms with Crippen LogP contribution in [0.15, 0.2) is 18.2 Å². The zero-order valence-electron chi connectivity index (χ0n) is 11.1. The Morgan fingerprint density at radius 1 is 1.45 bits per heavy atom. The second-order valence-electron chi connectivity index (χ2n) is 4.43. The summed E-state index contributed by atoms with van der Waals surface area (Å²) in [6, 6.07) is 2.07. The molecular weight excluding hydrogens is 287 g/mol. The summed E-state index contributed by atoms with van der Waals surface area (Å²) in [7, 11) is 0. The largest absolute Gasteiger partial charge is 0.480 e. The topological polar surface area (TPSA) is 78.4 Å². The van der Waals surface area contributed by atoms with Gasteiger partial charge in [0.2, 0.25) is 0 Å². The molecule has 0 bridgehead atoms. The number of benzene rings is 1. The molecule has 0 saturated carbocycles. The lowest BCUT2D eigenvalue weighted by Crippen LogP contribution is -2.46. The molecule has 0 aliphatic heterocycles. The van der Waals surface area contributed by atoms with Crippen LogP contribution < -0.4 is 10.6 Å². The first-order valence-electron chi connectivity index (χ1n) is 6.10. The van der Waals surface area contributed by atoms with E-state index in [4.69, 9.17) is 16.7 Å². The lowest BCUT2D eigenvalue weighted by Gasteiger charge is -2.20. The van der Waals surface area contributed by atoms with Crippen LogP contribution in [0.3, 0.4) is 0 Å². The highest BCUT2D eigenvalue weighted by atomic mass is 35.5. The Morgan fingerprint density at radius 3 is 2.60 bits per heavy atom. The average molecular weight is 303 g/mol. The molecular formula is C13H16ClFN2O3. The monoisotopic (exact) mass is 302 g/mol. The number of hydrogen-bond acceptors (Lipinski definition) is 2. The Balaban J connectivity index is 2.70.